The van der Waals surface area contributed by atoms with Crippen molar-refractivity contribution in [1.82, 2.24) is 0 Å². The van der Waals surface area contributed by atoms with Crippen molar-refractivity contribution >= 4 is 11.9 Å². The first-order valence-electron chi connectivity index (χ1n) is 17.4. The molecule has 0 atom stereocenters. The minimum atomic E-state index is -0.493. The van der Waals surface area contributed by atoms with Crippen LogP contribution < -0.4 is 4.74 Å². The van der Waals surface area contributed by atoms with Crippen LogP contribution in [-0.4, -0.2) is 31.8 Å². The fourth-order valence-corrected chi connectivity index (χ4v) is 7.34. The van der Waals surface area contributed by atoms with E-state index in [0.29, 0.717) is 23.2 Å². The van der Waals surface area contributed by atoms with Crippen molar-refractivity contribution in [2.24, 2.45) is 5.92 Å². The number of rotatable bonds is 12. The van der Waals surface area contributed by atoms with Crippen LogP contribution in [0.1, 0.15) is 101 Å². The molecule has 0 spiro atoms. The third kappa shape index (κ3) is 8.90. The first kappa shape index (κ1) is 34.4. The summed E-state index contributed by atoms with van der Waals surface area (Å²) in [6.45, 7) is 11.6. The van der Waals surface area contributed by atoms with Gasteiger partial charge in [-0.25, -0.2) is 9.59 Å². The molecule has 3 aromatic carbocycles. The average molecular weight is 635 g/mol. The molecule has 0 bridgehead atoms. The molecule has 5 heteroatoms. The molecular formula is C42H50O5. The number of carbonyl (C=O) groups excluding carboxylic acids is 2. The van der Waals surface area contributed by atoms with Crippen LogP contribution in [0.25, 0.3) is 22.3 Å². The lowest BCUT2D eigenvalue weighted by molar-refractivity contribution is -0.145. The van der Waals surface area contributed by atoms with Gasteiger partial charge in [-0.2, -0.15) is 0 Å². The van der Waals surface area contributed by atoms with Gasteiger partial charge in [0.05, 0.1) is 12.2 Å². The fraction of sp³-hybridized carbons (Fsp3) is 0.429. The normalized spacial score (nSPS) is 21.1. The fourth-order valence-electron chi connectivity index (χ4n) is 7.34. The van der Waals surface area contributed by atoms with Gasteiger partial charge in [0.2, 0.25) is 0 Å². The van der Waals surface area contributed by atoms with E-state index in [1.807, 2.05) is 24.3 Å². The predicted molar refractivity (Wildman–Crippen MR) is 189 cm³/mol. The second kappa shape index (κ2) is 16.2. The summed E-state index contributed by atoms with van der Waals surface area (Å²) in [5.74, 6) is 1.62. The molecular weight excluding hydrogens is 584 g/mol. The standard InChI is InChI=1S/C42H50O5/c1-6-7-30-8-10-31(11-9-30)32-12-14-35(15-13-32)40-26-36(33-16-21-38(22-17-33)47-42(44)29(4)27-45-5)20-25-39(40)34-18-23-37(24-19-34)46-41(43)28(2)3/h12-17,20-22,25-26,30-31,34,37H,2,4,6-11,18-19,23-24,27H2,1,3,5H3. The summed E-state index contributed by atoms with van der Waals surface area (Å²) in [5, 5.41) is 0. The average Bonchev–Trinajstić information content (AvgIpc) is 3.09. The van der Waals surface area contributed by atoms with Gasteiger partial charge < -0.3 is 14.2 Å². The minimum absolute atomic E-state index is 0.0517. The van der Waals surface area contributed by atoms with Crippen LogP contribution in [0.2, 0.25) is 0 Å². The lowest BCUT2D eigenvalue weighted by Gasteiger charge is -2.30. The number of ether oxygens (including phenoxy) is 3. The maximum atomic E-state index is 12.3. The molecule has 0 aliphatic heterocycles. The van der Waals surface area contributed by atoms with Gasteiger partial charge in [-0.15, -0.1) is 0 Å². The van der Waals surface area contributed by atoms with E-state index >= 15 is 0 Å². The van der Waals surface area contributed by atoms with Crippen LogP contribution in [0.3, 0.4) is 0 Å². The Morgan fingerprint density at radius 2 is 1.36 bits per heavy atom. The zero-order valence-corrected chi connectivity index (χ0v) is 28.4. The van der Waals surface area contributed by atoms with Crippen LogP contribution in [0.5, 0.6) is 5.75 Å². The Bertz CT molecular complexity index is 1530. The van der Waals surface area contributed by atoms with Crippen molar-refractivity contribution in [2.75, 3.05) is 13.7 Å². The van der Waals surface area contributed by atoms with E-state index in [1.54, 1.807) is 6.92 Å². The lowest BCUT2D eigenvalue weighted by atomic mass is 9.76. The van der Waals surface area contributed by atoms with E-state index in [0.717, 1.165) is 42.7 Å². The van der Waals surface area contributed by atoms with E-state index < -0.39 is 5.97 Å². The number of esters is 2. The zero-order valence-electron chi connectivity index (χ0n) is 28.4. The number of carbonyl (C=O) groups is 2. The van der Waals surface area contributed by atoms with E-state index in [9.17, 15) is 9.59 Å². The summed E-state index contributed by atoms with van der Waals surface area (Å²) in [6, 6.07) is 23.7. The molecule has 3 aromatic rings. The summed E-state index contributed by atoms with van der Waals surface area (Å²) < 4.78 is 16.2. The molecule has 0 unspecified atom stereocenters. The van der Waals surface area contributed by atoms with Crippen molar-refractivity contribution in [1.29, 1.82) is 0 Å². The van der Waals surface area contributed by atoms with Gasteiger partial charge in [0.15, 0.2) is 0 Å². The number of benzene rings is 3. The monoisotopic (exact) mass is 634 g/mol. The Kier molecular flexibility index (Phi) is 11.9. The maximum Gasteiger partial charge on any atom is 0.341 e. The molecule has 248 valence electrons. The molecule has 0 amide bonds. The molecule has 5 nitrogen and oxygen atoms in total. The highest BCUT2D eigenvalue weighted by molar-refractivity contribution is 5.90. The minimum Gasteiger partial charge on any atom is -0.459 e. The van der Waals surface area contributed by atoms with Gasteiger partial charge in [0, 0.05) is 12.7 Å². The van der Waals surface area contributed by atoms with Gasteiger partial charge in [-0.3, -0.25) is 0 Å². The molecule has 2 saturated carbocycles. The Hall–Kier alpha value is -3.96. The molecule has 2 aliphatic rings. The Labute approximate surface area is 281 Å². The molecule has 0 saturated heterocycles. The lowest BCUT2D eigenvalue weighted by Crippen LogP contribution is -2.24. The van der Waals surface area contributed by atoms with Gasteiger partial charge in [0.25, 0.3) is 0 Å². The van der Waals surface area contributed by atoms with Gasteiger partial charge in [-0.1, -0.05) is 81.5 Å². The van der Waals surface area contributed by atoms with Crippen LogP contribution in [0, 0.1) is 5.92 Å². The molecule has 5 rings (SSSR count). The molecule has 0 aromatic heterocycles. The number of hydrogen-bond donors (Lipinski definition) is 0. The van der Waals surface area contributed by atoms with Crippen molar-refractivity contribution in [3.05, 3.63) is 102 Å². The van der Waals surface area contributed by atoms with Gasteiger partial charge >= 0.3 is 11.9 Å². The quantitative estimate of drug-likeness (QED) is 0.113. The van der Waals surface area contributed by atoms with E-state index in [4.69, 9.17) is 14.2 Å². The molecule has 47 heavy (non-hydrogen) atoms. The molecule has 0 radical (unpaired) electrons. The second-order valence-corrected chi connectivity index (χ2v) is 13.5. The topological polar surface area (TPSA) is 61.8 Å². The third-order valence-electron chi connectivity index (χ3n) is 10.0. The zero-order chi connectivity index (χ0) is 33.3. The highest BCUT2D eigenvalue weighted by Gasteiger charge is 2.27. The molecule has 0 heterocycles. The van der Waals surface area contributed by atoms with Crippen molar-refractivity contribution in [2.45, 2.75) is 96.0 Å². The molecule has 2 aliphatic carbocycles. The summed E-state index contributed by atoms with van der Waals surface area (Å²) in [5.41, 5.74) is 8.14. The van der Waals surface area contributed by atoms with E-state index in [-0.39, 0.29) is 24.3 Å². The smallest absolute Gasteiger partial charge is 0.341 e. The second-order valence-electron chi connectivity index (χ2n) is 13.5. The van der Waals surface area contributed by atoms with Gasteiger partial charge in [-0.05, 0) is 128 Å². The van der Waals surface area contributed by atoms with Crippen LogP contribution in [-0.2, 0) is 19.1 Å². The maximum absolute atomic E-state index is 12.3. The first-order chi connectivity index (χ1) is 22.7. The highest BCUT2D eigenvalue weighted by Crippen LogP contribution is 2.42. The summed E-state index contributed by atoms with van der Waals surface area (Å²) in [7, 11) is 1.52. The SMILES string of the molecule is C=C(C)C(=O)OC1CCC(c2ccc(-c3ccc(OC(=O)C(=C)COC)cc3)cc2-c2ccc(C3CCC(CCC)CC3)cc2)CC1. The Morgan fingerprint density at radius 1 is 0.745 bits per heavy atom. The first-order valence-corrected chi connectivity index (χ1v) is 17.4. The van der Waals surface area contributed by atoms with Crippen molar-refractivity contribution in [3.8, 4) is 28.0 Å². The van der Waals surface area contributed by atoms with Crippen LogP contribution in [0.4, 0.5) is 0 Å². The van der Waals surface area contributed by atoms with Gasteiger partial charge in [0.1, 0.15) is 11.9 Å². The van der Waals surface area contributed by atoms with Crippen LogP contribution >= 0.6 is 0 Å². The van der Waals surface area contributed by atoms with Crippen molar-refractivity contribution < 1.29 is 23.8 Å². The van der Waals surface area contributed by atoms with Crippen LogP contribution in [0.15, 0.2) is 91.0 Å². The summed E-state index contributed by atoms with van der Waals surface area (Å²) >= 11 is 0. The Balaban J connectivity index is 1.38. The highest BCUT2D eigenvalue weighted by atomic mass is 16.5. The van der Waals surface area contributed by atoms with Crippen molar-refractivity contribution in [3.63, 3.8) is 0 Å². The Morgan fingerprint density at radius 3 is 1.98 bits per heavy atom. The number of methoxy groups -OCH3 is 1. The molecule has 0 N–H and O–H groups in total. The molecule has 2 fully saturated rings. The van der Waals surface area contributed by atoms with E-state index in [2.05, 4.69) is 62.5 Å². The largest absolute Gasteiger partial charge is 0.459 e. The summed E-state index contributed by atoms with van der Waals surface area (Å²) in [4.78, 5) is 24.4. The summed E-state index contributed by atoms with van der Waals surface area (Å²) in [6.07, 6.45) is 11.5. The number of hydrogen-bond acceptors (Lipinski definition) is 5. The van der Waals surface area contributed by atoms with E-state index in [1.165, 1.54) is 67.9 Å². The third-order valence-corrected chi connectivity index (χ3v) is 10.0. The predicted octanol–water partition coefficient (Wildman–Crippen LogP) is 10.3.